The van der Waals surface area contributed by atoms with Gasteiger partial charge in [0.1, 0.15) is 5.75 Å². The van der Waals surface area contributed by atoms with Crippen LogP contribution in [0.2, 0.25) is 0 Å². The van der Waals surface area contributed by atoms with Gasteiger partial charge in [0.2, 0.25) is 0 Å². The Labute approximate surface area is 108 Å². The zero-order valence-corrected chi connectivity index (χ0v) is 11.0. The Morgan fingerprint density at radius 3 is 2.76 bits per heavy atom. The van der Waals surface area contributed by atoms with Gasteiger partial charge in [0.05, 0.1) is 18.1 Å². The van der Waals surface area contributed by atoms with E-state index in [2.05, 4.69) is 15.9 Å². The quantitative estimate of drug-likeness (QED) is 0.871. The van der Waals surface area contributed by atoms with E-state index in [0.717, 1.165) is 15.8 Å². The van der Waals surface area contributed by atoms with Crippen molar-refractivity contribution >= 4 is 15.9 Å². The van der Waals surface area contributed by atoms with E-state index in [1.54, 1.807) is 30.0 Å². The molecule has 0 radical (unpaired) electrons. The molecule has 88 valence electrons. The maximum absolute atomic E-state index is 11.6. The van der Waals surface area contributed by atoms with Crippen molar-refractivity contribution in [3.63, 3.8) is 0 Å². The van der Waals surface area contributed by atoms with E-state index in [-0.39, 0.29) is 5.56 Å². The van der Waals surface area contributed by atoms with Crippen LogP contribution in [0.15, 0.2) is 51.9 Å². The highest BCUT2D eigenvalue weighted by Crippen LogP contribution is 2.25. The fourth-order valence-electron chi connectivity index (χ4n) is 1.60. The fourth-order valence-corrected chi connectivity index (χ4v) is 2.18. The van der Waals surface area contributed by atoms with Gasteiger partial charge in [0.25, 0.3) is 5.56 Å². The van der Waals surface area contributed by atoms with Crippen molar-refractivity contribution < 1.29 is 4.74 Å². The van der Waals surface area contributed by atoms with Gasteiger partial charge in [0, 0.05) is 12.3 Å². The molecule has 0 N–H and O–H groups in total. The van der Waals surface area contributed by atoms with Gasteiger partial charge in [-0.05, 0) is 39.7 Å². The topological polar surface area (TPSA) is 31.2 Å². The first-order valence-electron chi connectivity index (χ1n) is 5.18. The minimum Gasteiger partial charge on any atom is -0.496 e. The van der Waals surface area contributed by atoms with Crippen LogP contribution in [0.3, 0.4) is 0 Å². The van der Waals surface area contributed by atoms with Gasteiger partial charge in [-0.3, -0.25) is 4.79 Å². The molecule has 0 aliphatic carbocycles. The van der Waals surface area contributed by atoms with Crippen LogP contribution in [0.5, 0.6) is 5.75 Å². The molecule has 1 aromatic carbocycles. The van der Waals surface area contributed by atoms with Gasteiger partial charge in [-0.2, -0.15) is 0 Å². The molecule has 0 atom stereocenters. The third-order valence-corrected chi connectivity index (χ3v) is 3.09. The average Bonchev–Trinajstić information content (AvgIpc) is 2.32. The van der Waals surface area contributed by atoms with E-state index >= 15 is 0 Å². The van der Waals surface area contributed by atoms with Gasteiger partial charge >= 0.3 is 0 Å². The van der Waals surface area contributed by atoms with Crippen molar-refractivity contribution in [2.75, 3.05) is 7.11 Å². The summed E-state index contributed by atoms with van der Waals surface area (Å²) < 4.78 is 7.71. The monoisotopic (exact) mass is 293 g/mol. The molecule has 2 aromatic rings. The molecule has 0 bridgehead atoms. The number of pyridine rings is 1. The predicted molar refractivity (Wildman–Crippen MR) is 70.5 cm³/mol. The van der Waals surface area contributed by atoms with E-state index in [9.17, 15) is 4.79 Å². The largest absolute Gasteiger partial charge is 0.496 e. The van der Waals surface area contributed by atoms with Crippen molar-refractivity contribution in [3.05, 3.63) is 63.0 Å². The van der Waals surface area contributed by atoms with Crippen LogP contribution in [0, 0.1) is 0 Å². The Balaban J connectivity index is 2.28. The lowest BCUT2D eigenvalue weighted by molar-refractivity contribution is 0.412. The number of nitrogens with zero attached hydrogens (tertiary/aromatic N) is 1. The molecule has 0 aliphatic heterocycles. The molecular weight excluding hydrogens is 282 g/mol. The molecule has 0 amide bonds. The number of halogens is 1. The summed E-state index contributed by atoms with van der Waals surface area (Å²) in [5.74, 6) is 0.786. The number of hydrogen-bond acceptors (Lipinski definition) is 2. The molecule has 0 fully saturated rings. The Bertz CT molecular complexity index is 578. The molecule has 3 nitrogen and oxygen atoms in total. The van der Waals surface area contributed by atoms with Crippen LogP contribution in [0.1, 0.15) is 5.56 Å². The van der Waals surface area contributed by atoms with Crippen LogP contribution in [0.25, 0.3) is 0 Å². The molecule has 0 aliphatic rings. The minimum absolute atomic E-state index is 0.000518. The zero-order valence-electron chi connectivity index (χ0n) is 9.39. The lowest BCUT2D eigenvalue weighted by Crippen LogP contribution is -2.18. The zero-order chi connectivity index (χ0) is 12.3. The number of rotatable bonds is 3. The minimum atomic E-state index is -0.000518. The molecule has 0 saturated carbocycles. The van der Waals surface area contributed by atoms with E-state index in [0.29, 0.717) is 6.54 Å². The second-order valence-electron chi connectivity index (χ2n) is 3.64. The summed E-state index contributed by atoms with van der Waals surface area (Å²) in [5, 5.41) is 0. The number of hydrogen-bond donors (Lipinski definition) is 0. The average molecular weight is 294 g/mol. The maximum atomic E-state index is 11.6. The van der Waals surface area contributed by atoms with E-state index < -0.39 is 0 Å². The van der Waals surface area contributed by atoms with Gasteiger partial charge in [0.15, 0.2) is 0 Å². The molecular formula is C13H12BrNO2. The molecule has 0 saturated heterocycles. The van der Waals surface area contributed by atoms with Crippen LogP contribution >= 0.6 is 15.9 Å². The summed E-state index contributed by atoms with van der Waals surface area (Å²) in [6.07, 6.45) is 1.78. The maximum Gasteiger partial charge on any atom is 0.250 e. The summed E-state index contributed by atoms with van der Waals surface area (Å²) in [6, 6.07) is 10.9. The summed E-state index contributed by atoms with van der Waals surface area (Å²) >= 11 is 3.43. The number of methoxy groups -OCH3 is 1. The van der Waals surface area contributed by atoms with Crippen molar-refractivity contribution in [1.82, 2.24) is 4.57 Å². The van der Waals surface area contributed by atoms with Crippen LogP contribution in [0.4, 0.5) is 0 Å². The van der Waals surface area contributed by atoms with Gasteiger partial charge < -0.3 is 9.30 Å². The first kappa shape index (κ1) is 11.9. The highest BCUT2D eigenvalue weighted by molar-refractivity contribution is 9.10. The van der Waals surface area contributed by atoms with Crippen molar-refractivity contribution in [3.8, 4) is 5.75 Å². The molecule has 1 aromatic heterocycles. The van der Waals surface area contributed by atoms with E-state index in [1.165, 1.54) is 0 Å². The van der Waals surface area contributed by atoms with Crippen molar-refractivity contribution in [2.24, 2.45) is 0 Å². The molecule has 4 heteroatoms. The smallest absolute Gasteiger partial charge is 0.250 e. The van der Waals surface area contributed by atoms with Crippen LogP contribution < -0.4 is 10.3 Å². The molecule has 0 unspecified atom stereocenters. The number of benzene rings is 1. The third-order valence-electron chi connectivity index (χ3n) is 2.47. The van der Waals surface area contributed by atoms with E-state index in [4.69, 9.17) is 4.74 Å². The Hall–Kier alpha value is -1.55. The second kappa shape index (κ2) is 5.19. The van der Waals surface area contributed by atoms with Crippen LogP contribution in [-0.2, 0) is 6.54 Å². The number of aromatic nitrogens is 1. The number of ether oxygens (including phenoxy) is 1. The first-order chi connectivity index (χ1) is 8.20. The lowest BCUT2D eigenvalue weighted by Gasteiger charge is -2.08. The summed E-state index contributed by atoms with van der Waals surface area (Å²) in [6.45, 7) is 0.558. The highest BCUT2D eigenvalue weighted by Gasteiger charge is 2.02. The third kappa shape index (κ3) is 2.77. The second-order valence-corrected chi connectivity index (χ2v) is 4.49. The fraction of sp³-hybridized carbons (Fsp3) is 0.154. The Morgan fingerprint density at radius 2 is 2.12 bits per heavy atom. The molecule has 1 heterocycles. The highest BCUT2D eigenvalue weighted by atomic mass is 79.9. The lowest BCUT2D eigenvalue weighted by atomic mass is 10.2. The van der Waals surface area contributed by atoms with Gasteiger partial charge in [-0.1, -0.05) is 12.1 Å². The Morgan fingerprint density at radius 1 is 1.29 bits per heavy atom. The Kier molecular flexibility index (Phi) is 3.64. The summed E-state index contributed by atoms with van der Waals surface area (Å²) in [5.41, 5.74) is 1.05. The standard InChI is InChI=1S/C13H12BrNO2/c1-17-12-6-5-10(8-11(12)14)9-15-7-3-2-4-13(15)16/h2-8H,9H2,1H3. The normalized spacial score (nSPS) is 10.2. The first-order valence-corrected chi connectivity index (χ1v) is 5.98. The van der Waals surface area contributed by atoms with Gasteiger partial charge in [-0.15, -0.1) is 0 Å². The summed E-state index contributed by atoms with van der Waals surface area (Å²) in [7, 11) is 1.63. The van der Waals surface area contributed by atoms with Gasteiger partial charge in [-0.25, -0.2) is 0 Å². The molecule has 17 heavy (non-hydrogen) atoms. The van der Waals surface area contributed by atoms with Crippen molar-refractivity contribution in [1.29, 1.82) is 0 Å². The molecule has 2 rings (SSSR count). The van der Waals surface area contributed by atoms with E-state index in [1.807, 2.05) is 24.3 Å². The summed E-state index contributed by atoms with van der Waals surface area (Å²) in [4.78, 5) is 11.6. The van der Waals surface area contributed by atoms with Crippen LogP contribution in [-0.4, -0.2) is 11.7 Å². The molecule has 0 spiro atoms. The predicted octanol–water partition coefficient (Wildman–Crippen LogP) is 2.67. The SMILES string of the molecule is COc1ccc(Cn2ccccc2=O)cc1Br. The van der Waals surface area contributed by atoms with Crippen molar-refractivity contribution in [2.45, 2.75) is 6.54 Å².